The molecule has 0 radical (unpaired) electrons. The highest BCUT2D eigenvalue weighted by Gasteiger charge is 2.39. The molecule has 0 aliphatic carbocycles. The lowest BCUT2D eigenvalue weighted by molar-refractivity contribution is 0.413. The van der Waals surface area contributed by atoms with Crippen molar-refractivity contribution < 1.29 is 5.11 Å². The van der Waals surface area contributed by atoms with Gasteiger partial charge in [0.05, 0.1) is 11.4 Å². The summed E-state index contributed by atoms with van der Waals surface area (Å²) in [5.41, 5.74) is 2.98. The van der Waals surface area contributed by atoms with E-state index in [1.807, 2.05) is 39.0 Å². The quantitative estimate of drug-likeness (QED) is 0.819. The Hall–Kier alpha value is -2.21. The van der Waals surface area contributed by atoms with E-state index in [1.54, 1.807) is 14.1 Å². The van der Waals surface area contributed by atoms with Crippen molar-refractivity contribution in [2.75, 3.05) is 0 Å². The van der Waals surface area contributed by atoms with Crippen LogP contribution in [0.3, 0.4) is 0 Å². The molecule has 3 rings (SSSR count). The Labute approximate surface area is 139 Å². The number of aryl methyl sites for hydroxylation is 1. The Bertz CT molecular complexity index is 981. The lowest BCUT2D eigenvalue weighted by Crippen LogP contribution is -2.35. The SMILES string of the molecule is Cc1ccc2c(c1)N=C(c1c(O)n(C)c(=S)n(C)c1=O)C2(C)C. The summed E-state index contributed by atoms with van der Waals surface area (Å²) in [4.78, 5) is 17.4. The first-order chi connectivity index (χ1) is 10.7. The summed E-state index contributed by atoms with van der Waals surface area (Å²) in [5, 5.41) is 10.5. The van der Waals surface area contributed by atoms with E-state index in [1.165, 1.54) is 9.13 Å². The van der Waals surface area contributed by atoms with Crippen LogP contribution in [0.2, 0.25) is 0 Å². The zero-order chi connectivity index (χ0) is 17.1. The van der Waals surface area contributed by atoms with Crippen LogP contribution in [0.5, 0.6) is 5.88 Å². The van der Waals surface area contributed by atoms with E-state index in [-0.39, 0.29) is 21.8 Å². The number of rotatable bonds is 1. The predicted molar refractivity (Wildman–Crippen MR) is 93.6 cm³/mol. The van der Waals surface area contributed by atoms with Gasteiger partial charge in [0, 0.05) is 19.5 Å². The first-order valence-electron chi connectivity index (χ1n) is 7.36. The normalized spacial score (nSPS) is 15.4. The summed E-state index contributed by atoms with van der Waals surface area (Å²) in [6, 6.07) is 6.06. The number of aromatic nitrogens is 2. The largest absolute Gasteiger partial charge is 0.494 e. The molecule has 0 atom stereocenters. The van der Waals surface area contributed by atoms with E-state index in [0.717, 1.165) is 16.8 Å². The molecule has 1 aliphatic rings. The third-order valence-corrected chi connectivity index (χ3v) is 5.07. The van der Waals surface area contributed by atoms with E-state index in [2.05, 4.69) is 4.99 Å². The van der Waals surface area contributed by atoms with Crippen LogP contribution in [0.4, 0.5) is 5.69 Å². The number of aromatic hydroxyl groups is 1. The van der Waals surface area contributed by atoms with Crippen molar-refractivity contribution >= 4 is 23.6 Å². The molecule has 1 N–H and O–H groups in total. The minimum Gasteiger partial charge on any atom is -0.494 e. The van der Waals surface area contributed by atoms with Crippen molar-refractivity contribution in [1.82, 2.24) is 9.13 Å². The van der Waals surface area contributed by atoms with Crippen LogP contribution in [0.25, 0.3) is 0 Å². The first kappa shape index (κ1) is 15.7. The smallest absolute Gasteiger partial charge is 0.267 e. The molecule has 6 heteroatoms. The molecular weight excluding hydrogens is 310 g/mol. The van der Waals surface area contributed by atoms with Crippen molar-refractivity contribution in [3.63, 3.8) is 0 Å². The van der Waals surface area contributed by atoms with Crippen LogP contribution >= 0.6 is 12.2 Å². The van der Waals surface area contributed by atoms with Crippen LogP contribution in [0, 0.1) is 11.7 Å². The fourth-order valence-corrected chi connectivity index (χ4v) is 3.23. The molecule has 2 aromatic rings. The highest BCUT2D eigenvalue weighted by molar-refractivity contribution is 7.71. The van der Waals surface area contributed by atoms with Gasteiger partial charge in [-0.05, 0) is 36.3 Å². The van der Waals surface area contributed by atoms with E-state index >= 15 is 0 Å². The fourth-order valence-electron chi connectivity index (χ4n) is 3.06. The summed E-state index contributed by atoms with van der Waals surface area (Å²) < 4.78 is 3.05. The summed E-state index contributed by atoms with van der Waals surface area (Å²) >= 11 is 5.17. The van der Waals surface area contributed by atoms with E-state index < -0.39 is 5.41 Å². The van der Waals surface area contributed by atoms with Crippen molar-refractivity contribution in [2.45, 2.75) is 26.2 Å². The number of benzene rings is 1. The minimum absolute atomic E-state index is 0.144. The zero-order valence-corrected chi connectivity index (χ0v) is 14.7. The van der Waals surface area contributed by atoms with Crippen molar-refractivity contribution in [3.05, 3.63) is 50.0 Å². The van der Waals surface area contributed by atoms with Crippen LogP contribution in [-0.2, 0) is 19.5 Å². The number of nitrogens with zero attached hydrogens (tertiary/aromatic N) is 3. The highest BCUT2D eigenvalue weighted by atomic mass is 32.1. The van der Waals surface area contributed by atoms with E-state index in [4.69, 9.17) is 12.2 Å². The Morgan fingerprint density at radius 3 is 2.52 bits per heavy atom. The lowest BCUT2D eigenvalue weighted by Gasteiger charge is -2.23. The Morgan fingerprint density at radius 1 is 1.22 bits per heavy atom. The molecule has 0 amide bonds. The Morgan fingerprint density at radius 2 is 1.87 bits per heavy atom. The van der Waals surface area contributed by atoms with Crippen molar-refractivity contribution in [3.8, 4) is 5.88 Å². The molecule has 0 unspecified atom stereocenters. The highest BCUT2D eigenvalue weighted by Crippen LogP contribution is 2.42. The molecule has 120 valence electrons. The molecule has 1 aliphatic heterocycles. The third-order valence-electron chi connectivity index (χ3n) is 4.52. The summed E-state index contributed by atoms with van der Waals surface area (Å²) in [6.07, 6.45) is 0. The van der Waals surface area contributed by atoms with Gasteiger partial charge >= 0.3 is 0 Å². The maximum absolute atomic E-state index is 12.7. The van der Waals surface area contributed by atoms with Crippen LogP contribution in [-0.4, -0.2) is 20.0 Å². The average molecular weight is 329 g/mol. The molecule has 0 fully saturated rings. The predicted octanol–water partition coefficient (Wildman–Crippen LogP) is 2.88. The van der Waals surface area contributed by atoms with Crippen LogP contribution in [0.1, 0.15) is 30.5 Å². The molecule has 23 heavy (non-hydrogen) atoms. The first-order valence-corrected chi connectivity index (χ1v) is 7.76. The molecule has 1 aromatic carbocycles. The number of aliphatic imine (C=N–C) groups is 1. The van der Waals surface area contributed by atoms with Gasteiger partial charge in [0.15, 0.2) is 4.77 Å². The maximum Gasteiger partial charge on any atom is 0.267 e. The molecular formula is C17H19N3O2S. The second-order valence-corrected chi connectivity index (χ2v) is 6.88. The average Bonchev–Trinajstić information content (AvgIpc) is 2.74. The second-order valence-electron chi connectivity index (χ2n) is 6.51. The zero-order valence-electron chi connectivity index (χ0n) is 13.8. The molecule has 0 saturated carbocycles. The van der Waals surface area contributed by atoms with E-state index in [9.17, 15) is 9.90 Å². The number of hydrogen-bond donors (Lipinski definition) is 1. The summed E-state index contributed by atoms with van der Waals surface area (Å²) in [5.74, 6) is -0.144. The van der Waals surface area contributed by atoms with E-state index in [0.29, 0.717) is 5.71 Å². The standard InChI is InChI=1S/C17H19N3O2S/c1-9-6-7-10-11(8-9)18-13(17(10,2)3)12-14(21)19(4)16(23)20(5)15(12)22/h6-8,21H,1-5H3. The van der Waals surface area contributed by atoms with Gasteiger partial charge in [-0.1, -0.05) is 26.0 Å². The van der Waals surface area contributed by atoms with Crippen molar-refractivity contribution in [2.24, 2.45) is 19.1 Å². The van der Waals surface area contributed by atoms with Crippen LogP contribution < -0.4 is 5.56 Å². The topological polar surface area (TPSA) is 59.5 Å². The minimum atomic E-state index is -0.470. The van der Waals surface area contributed by atoms with Gasteiger partial charge < -0.3 is 5.11 Å². The monoisotopic (exact) mass is 329 g/mol. The maximum atomic E-state index is 12.7. The van der Waals surface area contributed by atoms with Gasteiger partial charge in [-0.3, -0.25) is 18.9 Å². The Balaban J connectivity index is 2.36. The molecule has 0 saturated heterocycles. The van der Waals surface area contributed by atoms with Gasteiger partial charge in [-0.25, -0.2) is 0 Å². The molecule has 1 aromatic heterocycles. The number of fused-ring (bicyclic) bond motifs is 1. The summed E-state index contributed by atoms with van der Waals surface area (Å²) in [6.45, 7) is 6.02. The van der Waals surface area contributed by atoms with Gasteiger partial charge in [0.25, 0.3) is 5.56 Å². The van der Waals surface area contributed by atoms with Gasteiger partial charge in [0.1, 0.15) is 5.56 Å². The fraction of sp³-hybridized carbons (Fsp3) is 0.353. The molecule has 0 bridgehead atoms. The number of hydrogen-bond acceptors (Lipinski definition) is 4. The lowest BCUT2D eigenvalue weighted by atomic mass is 9.79. The third kappa shape index (κ3) is 2.09. The Kier molecular flexibility index (Phi) is 3.33. The second kappa shape index (κ2) is 4.89. The van der Waals surface area contributed by atoms with Gasteiger partial charge in [-0.15, -0.1) is 0 Å². The summed E-state index contributed by atoms with van der Waals surface area (Å²) in [7, 11) is 3.24. The van der Waals surface area contributed by atoms with Gasteiger partial charge in [-0.2, -0.15) is 0 Å². The van der Waals surface area contributed by atoms with Gasteiger partial charge in [0.2, 0.25) is 5.88 Å². The molecule has 5 nitrogen and oxygen atoms in total. The van der Waals surface area contributed by atoms with Crippen LogP contribution in [0.15, 0.2) is 28.0 Å². The molecule has 2 heterocycles. The van der Waals surface area contributed by atoms with Crippen molar-refractivity contribution in [1.29, 1.82) is 0 Å². The molecule has 0 spiro atoms.